The van der Waals surface area contributed by atoms with Crippen molar-refractivity contribution >= 4 is 22.4 Å². The Morgan fingerprint density at radius 2 is 1.92 bits per heavy atom. The predicted octanol–water partition coefficient (Wildman–Crippen LogP) is 5.58. The second-order valence-electron chi connectivity index (χ2n) is 10.5. The first-order valence-corrected chi connectivity index (χ1v) is 12.4. The number of ether oxygens (including phenoxy) is 2. The van der Waals surface area contributed by atoms with Crippen molar-refractivity contribution in [2.24, 2.45) is 5.41 Å². The number of hydrogen-bond donors (Lipinski definition) is 2. The van der Waals surface area contributed by atoms with Gasteiger partial charge in [0.15, 0.2) is 11.5 Å². The molecular formula is C27H32F3N5O2. The quantitative estimate of drug-likeness (QED) is 0.397. The van der Waals surface area contributed by atoms with Gasteiger partial charge in [-0.2, -0.15) is 13.2 Å². The van der Waals surface area contributed by atoms with E-state index in [1.807, 2.05) is 6.07 Å². The monoisotopic (exact) mass is 515 g/mol. The zero-order valence-electron chi connectivity index (χ0n) is 21.4. The van der Waals surface area contributed by atoms with Gasteiger partial charge in [0.1, 0.15) is 18.2 Å². The summed E-state index contributed by atoms with van der Waals surface area (Å²) in [6.45, 7) is 5.17. The van der Waals surface area contributed by atoms with Gasteiger partial charge >= 0.3 is 6.18 Å². The number of methoxy groups -OCH3 is 1. The van der Waals surface area contributed by atoms with E-state index in [0.717, 1.165) is 25.1 Å². The molecule has 2 aromatic carbocycles. The van der Waals surface area contributed by atoms with Gasteiger partial charge in [-0.05, 0) is 75.4 Å². The van der Waals surface area contributed by atoms with E-state index < -0.39 is 17.8 Å². The van der Waals surface area contributed by atoms with E-state index >= 15 is 0 Å². The van der Waals surface area contributed by atoms with E-state index in [1.54, 1.807) is 27.0 Å². The summed E-state index contributed by atoms with van der Waals surface area (Å²) < 4.78 is 51.9. The topological polar surface area (TPSA) is 85.5 Å². The van der Waals surface area contributed by atoms with Gasteiger partial charge in [-0.3, -0.25) is 4.90 Å². The first-order valence-electron chi connectivity index (χ1n) is 12.4. The molecule has 7 nitrogen and oxygen atoms in total. The van der Waals surface area contributed by atoms with Gasteiger partial charge in [0.25, 0.3) is 0 Å². The average Bonchev–Trinajstić information content (AvgIpc) is 3.50. The van der Waals surface area contributed by atoms with Crippen molar-refractivity contribution in [1.29, 1.82) is 0 Å². The van der Waals surface area contributed by atoms with Gasteiger partial charge in [-0.25, -0.2) is 9.97 Å². The van der Waals surface area contributed by atoms with Crippen molar-refractivity contribution in [3.8, 4) is 11.5 Å². The maximum Gasteiger partial charge on any atom is 0.416 e. The van der Waals surface area contributed by atoms with Gasteiger partial charge in [-0.1, -0.05) is 0 Å². The lowest BCUT2D eigenvalue weighted by Crippen LogP contribution is -2.30. The first kappa shape index (κ1) is 25.4. The van der Waals surface area contributed by atoms with Crippen LogP contribution >= 0.6 is 0 Å². The molecule has 1 aliphatic heterocycles. The highest BCUT2D eigenvalue weighted by Gasteiger charge is 2.50. The zero-order valence-corrected chi connectivity index (χ0v) is 21.4. The maximum absolute atomic E-state index is 13.3. The molecule has 2 heterocycles. The number of nitrogens with zero attached hydrogens (tertiary/aromatic N) is 3. The molecule has 1 aliphatic carbocycles. The molecular weight excluding hydrogens is 483 g/mol. The summed E-state index contributed by atoms with van der Waals surface area (Å²) in [5, 5.41) is 3.94. The SMILES string of the molecule is COc1cc2nc(C)nc(N[C@H](C)c3cc(N)cc(C(F)(F)F)c3)c2cc1OCC1CC2(CC2)CN1C. The van der Waals surface area contributed by atoms with Gasteiger partial charge in [0, 0.05) is 29.7 Å². The highest BCUT2D eigenvalue weighted by atomic mass is 19.4. The fraction of sp³-hybridized carbons (Fsp3) is 0.481. The lowest BCUT2D eigenvalue weighted by molar-refractivity contribution is -0.137. The summed E-state index contributed by atoms with van der Waals surface area (Å²) in [6.07, 6.45) is -0.785. The van der Waals surface area contributed by atoms with Crippen molar-refractivity contribution in [2.45, 2.75) is 51.4 Å². The van der Waals surface area contributed by atoms with E-state index in [1.165, 1.54) is 18.9 Å². The van der Waals surface area contributed by atoms with Gasteiger partial charge < -0.3 is 20.5 Å². The number of halogens is 3. The Balaban J connectivity index is 1.44. The summed E-state index contributed by atoms with van der Waals surface area (Å²) in [6, 6.07) is 7.04. The molecule has 1 spiro atoms. The van der Waals surface area contributed by atoms with Crippen molar-refractivity contribution in [1.82, 2.24) is 14.9 Å². The molecule has 10 heteroatoms. The minimum atomic E-state index is -4.49. The molecule has 37 heavy (non-hydrogen) atoms. The Morgan fingerprint density at radius 1 is 1.16 bits per heavy atom. The lowest BCUT2D eigenvalue weighted by atomic mass is 10.0. The normalized spacial score (nSPS) is 19.8. The molecule has 3 aromatic rings. The molecule has 5 rings (SSSR count). The fourth-order valence-corrected chi connectivity index (χ4v) is 5.30. The van der Waals surface area contributed by atoms with E-state index in [-0.39, 0.29) is 5.69 Å². The molecule has 198 valence electrons. The van der Waals surface area contributed by atoms with Crippen LogP contribution in [0.1, 0.15) is 49.2 Å². The molecule has 2 aliphatic rings. The second kappa shape index (κ2) is 9.24. The highest BCUT2D eigenvalue weighted by molar-refractivity contribution is 5.92. The minimum absolute atomic E-state index is 0.0486. The third-order valence-corrected chi connectivity index (χ3v) is 7.52. The van der Waals surface area contributed by atoms with Gasteiger partial charge in [0.2, 0.25) is 0 Å². The van der Waals surface area contributed by atoms with Crippen molar-refractivity contribution in [2.75, 3.05) is 38.4 Å². The molecule has 1 saturated heterocycles. The van der Waals surface area contributed by atoms with Crippen LogP contribution < -0.4 is 20.5 Å². The number of fused-ring (bicyclic) bond motifs is 1. The van der Waals surface area contributed by atoms with E-state index in [4.69, 9.17) is 15.2 Å². The van der Waals surface area contributed by atoms with E-state index in [2.05, 4.69) is 27.2 Å². The van der Waals surface area contributed by atoms with Crippen molar-refractivity contribution < 1.29 is 22.6 Å². The molecule has 0 radical (unpaired) electrons. The number of aromatic nitrogens is 2. The molecule has 0 amide bonds. The highest BCUT2D eigenvalue weighted by Crippen LogP contribution is 2.54. The number of nitrogens with one attached hydrogen (secondary N) is 1. The second-order valence-corrected chi connectivity index (χ2v) is 10.5. The third kappa shape index (κ3) is 5.25. The number of likely N-dealkylation sites (N-methyl/N-ethyl adjacent to an activating group) is 1. The number of nitrogen functional groups attached to an aromatic ring is 1. The molecule has 1 saturated carbocycles. The molecule has 2 fully saturated rings. The summed E-state index contributed by atoms with van der Waals surface area (Å²) in [5.41, 5.74) is 6.56. The van der Waals surface area contributed by atoms with Crippen LogP contribution in [-0.2, 0) is 6.18 Å². The lowest BCUT2D eigenvalue weighted by Gasteiger charge is -2.21. The molecule has 1 aromatic heterocycles. The number of rotatable bonds is 7. The van der Waals surface area contributed by atoms with Crippen molar-refractivity contribution in [3.05, 3.63) is 47.3 Å². The van der Waals surface area contributed by atoms with Crippen LogP contribution in [0.5, 0.6) is 11.5 Å². The number of likely N-dealkylation sites (tertiary alicyclic amines) is 1. The Hall–Kier alpha value is -3.27. The van der Waals surface area contributed by atoms with Crippen LogP contribution in [0.15, 0.2) is 30.3 Å². The van der Waals surface area contributed by atoms with Crippen LogP contribution in [0.2, 0.25) is 0 Å². The first-order chi connectivity index (χ1) is 17.5. The number of anilines is 2. The summed E-state index contributed by atoms with van der Waals surface area (Å²) in [7, 11) is 3.72. The third-order valence-electron chi connectivity index (χ3n) is 7.52. The summed E-state index contributed by atoms with van der Waals surface area (Å²) in [4.78, 5) is 11.5. The minimum Gasteiger partial charge on any atom is -0.493 e. The number of hydrogen-bond acceptors (Lipinski definition) is 7. The van der Waals surface area contributed by atoms with Gasteiger partial charge in [-0.15, -0.1) is 0 Å². The number of alkyl halides is 3. The van der Waals surface area contributed by atoms with Crippen LogP contribution in [0.3, 0.4) is 0 Å². The van der Waals surface area contributed by atoms with Crippen LogP contribution in [0, 0.1) is 12.3 Å². The van der Waals surface area contributed by atoms with E-state index in [0.29, 0.717) is 57.7 Å². The Morgan fingerprint density at radius 3 is 2.57 bits per heavy atom. The standard InChI is InChI=1S/C27H32F3N5O2/c1-15(17-7-18(27(28,29)30)9-19(31)8-17)32-25-21-10-24(23(36-4)11-22(21)33-16(2)34-25)37-13-20-12-26(5-6-26)14-35(20)3/h7-11,15,20H,5-6,12-14,31H2,1-4H3,(H,32,33,34)/t15-,20?/m1/s1. The molecule has 1 unspecified atom stereocenters. The Labute approximate surface area is 214 Å². The van der Waals surface area contributed by atoms with Crippen molar-refractivity contribution in [3.63, 3.8) is 0 Å². The van der Waals surface area contributed by atoms with E-state index in [9.17, 15) is 13.2 Å². The van der Waals surface area contributed by atoms with Crippen LogP contribution in [-0.4, -0.2) is 48.2 Å². The smallest absolute Gasteiger partial charge is 0.416 e. The number of aryl methyl sites for hydroxylation is 1. The number of benzene rings is 2. The predicted molar refractivity (Wildman–Crippen MR) is 137 cm³/mol. The summed E-state index contributed by atoms with van der Waals surface area (Å²) >= 11 is 0. The summed E-state index contributed by atoms with van der Waals surface area (Å²) in [5.74, 6) is 2.15. The maximum atomic E-state index is 13.3. The fourth-order valence-electron chi connectivity index (χ4n) is 5.30. The average molecular weight is 516 g/mol. The Kier molecular flexibility index (Phi) is 6.34. The van der Waals surface area contributed by atoms with Crippen LogP contribution in [0.25, 0.3) is 10.9 Å². The Bertz CT molecular complexity index is 1330. The molecule has 2 atom stereocenters. The van der Waals surface area contributed by atoms with Crippen LogP contribution in [0.4, 0.5) is 24.7 Å². The zero-order chi connectivity index (χ0) is 26.5. The molecule has 0 bridgehead atoms. The van der Waals surface area contributed by atoms with Gasteiger partial charge in [0.05, 0.1) is 24.2 Å². The molecule has 3 N–H and O–H groups in total. The largest absolute Gasteiger partial charge is 0.493 e. The number of nitrogens with two attached hydrogens (primary N) is 1.